The van der Waals surface area contributed by atoms with Crippen LogP contribution in [0.25, 0.3) is 22.5 Å². The second kappa shape index (κ2) is 14.0. The van der Waals surface area contributed by atoms with Crippen molar-refractivity contribution in [3.8, 4) is 34.0 Å². The van der Waals surface area contributed by atoms with Crippen LogP contribution in [0.3, 0.4) is 0 Å². The number of aliphatic carboxylic acids is 2. The van der Waals surface area contributed by atoms with Gasteiger partial charge in [-0.2, -0.15) is 4.98 Å². The van der Waals surface area contributed by atoms with Crippen LogP contribution in [0.2, 0.25) is 0 Å². The maximum Gasteiger partial charge on any atom is 0.414 e. The first kappa shape index (κ1) is 32.7. The molecule has 0 radical (unpaired) electrons. The minimum absolute atomic E-state index is 0.0254. The molecule has 12 nitrogen and oxygen atoms in total. The molecule has 1 unspecified atom stereocenters. The Morgan fingerprint density at radius 3 is 2.20 bits per heavy atom. The lowest BCUT2D eigenvalue weighted by Gasteiger charge is -2.24. The van der Waals surface area contributed by atoms with E-state index in [-0.39, 0.29) is 11.9 Å². The molecule has 1 amide bonds. The van der Waals surface area contributed by atoms with E-state index >= 15 is 0 Å². The van der Waals surface area contributed by atoms with Gasteiger partial charge in [0.1, 0.15) is 6.61 Å². The van der Waals surface area contributed by atoms with Crippen molar-refractivity contribution in [2.75, 3.05) is 39.3 Å². The SMILES string of the molecule is COc1cc2c(cc1OCCN(C)C)N(C(=O)c1ccc(-c3ccc(-c4noc(C)n4)cc3C)cc1)C(C)C2.O=C(O)C(=O)O. The zero-order valence-corrected chi connectivity index (χ0v) is 26.0. The number of rotatable bonds is 8. The zero-order valence-electron chi connectivity index (χ0n) is 26.0. The maximum absolute atomic E-state index is 13.7. The van der Waals surface area contributed by atoms with Crippen LogP contribution in [0.5, 0.6) is 11.5 Å². The van der Waals surface area contributed by atoms with Crippen LogP contribution in [0.1, 0.15) is 34.3 Å². The standard InChI is InChI=1S/C31H34N4O4.C2H2O4/c1-19-15-24(30-32-21(3)39-33-30)11-12-26(19)22-7-9-23(10-8-22)31(36)35-20(2)16-25-17-28(37-6)29(18-27(25)35)38-14-13-34(4)5;3-1(4)2(5)6/h7-12,15,17-18,20H,13-14,16H2,1-6H3;(H,3,4)(H,5,6). The number of ether oxygens (including phenoxy) is 2. The van der Waals surface area contributed by atoms with E-state index in [0.717, 1.165) is 46.5 Å². The van der Waals surface area contributed by atoms with Crippen molar-refractivity contribution < 1.29 is 38.6 Å². The van der Waals surface area contributed by atoms with Gasteiger partial charge in [0.15, 0.2) is 11.5 Å². The fourth-order valence-corrected chi connectivity index (χ4v) is 5.02. The lowest BCUT2D eigenvalue weighted by Crippen LogP contribution is -2.35. The van der Waals surface area contributed by atoms with Crippen molar-refractivity contribution >= 4 is 23.5 Å². The summed E-state index contributed by atoms with van der Waals surface area (Å²) in [5, 5.41) is 18.8. The highest BCUT2D eigenvalue weighted by Gasteiger charge is 2.33. The number of likely N-dealkylation sites (N-methyl/N-ethyl adjacent to an activating group) is 1. The Morgan fingerprint density at radius 2 is 1.64 bits per heavy atom. The number of carboxylic acids is 2. The number of carbonyl (C=O) groups excluding carboxylic acids is 1. The zero-order chi connectivity index (χ0) is 32.8. The minimum atomic E-state index is -1.82. The summed E-state index contributed by atoms with van der Waals surface area (Å²) in [6.45, 7) is 7.21. The molecule has 5 rings (SSSR count). The Bertz CT molecular complexity index is 1690. The van der Waals surface area contributed by atoms with E-state index in [0.29, 0.717) is 35.4 Å². The van der Waals surface area contributed by atoms with E-state index in [1.165, 1.54) is 0 Å². The van der Waals surface area contributed by atoms with Gasteiger partial charge in [-0.3, -0.25) is 4.79 Å². The van der Waals surface area contributed by atoms with Gasteiger partial charge in [0.05, 0.1) is 12.8 Å². The highest BCUT2D eigenvalue weighted by Crippen LogP contribution is 2.41. The number of carboxylic acid groups (broad SMARTS) is 2. The molecule has 0 fully saturated rings. The van der Waals surface area contributed by atoms with Gasteiger partial charge in [0.2, 0.25) is 11.7 Å². The first-order valence-electron chi connectivity index (χ1n) is 14.2. The predicted molar refractivity (Wildman–Crippen MR) is 167 cm³/mol. The highest BCUT2D eigenvalue weighted by molar-refractivity contribution is 6.27. The number of hydrogen-bond donors (Lipinski definition) is 2. The van der Waals surface area contributed by atoms with E-state index in [1.807, 2.05) is 67.5 Å². The Hall–Kier alpha value is -5.23. The van der Waals surface area contributed by atoms with Crippen molar-refractivity contribution in [3.63, 3.8) is 0 Å². The summed E-state index contributed by atoms with van der Waals surface area (Å²) < 4.78 is 16.7. The number of nitrogens with zero attached hydrogens (tertiary/aromatic N) is 4. The molecule has 0 spiro atoms. The van der Waals surface area contributed by atoms with Gasteiger partial charge < -0.3 is 34.0 Å². The fraction of sp³-hybridized carbons (Fsp3) is 0.303. The summed E-state index contributed by atoms with van der Waals surface area (Å²) in [7, 11) is 5.65. The predicted octanol–water partition coefficient (Wildman–Crippen LogP) is 4.72. The van der Waals surface area contributed by atoms with Crippen LogP contribution in [-0.2, 0) is 16.0 Å². The lowest BCUT2D eigenvalue weighted by molar-refractivity contribution is -0.159. The molecule has 0 bridgehead atoms. The van der Waals surface area contributed by atoms with Gasteiger partial charge in [-0.25, -0.2) is 9.59 Å². The minimum Gasteiger partial charge on any atom is -0.493 e. The number of anilines is 1. The summed E-state index contributed by atoms with van der Waals surface area (Å²) in [6, 6.07) is 17.8. The summed E-state index contributed by atoms with van der Waals surface area (Å²) >= 11 is 0. The van der Waals surface area contributed by atoms with Crippen LogP contribution < -0.4 is 14.4 Å². The van der Waals surface area contributed by atoms with Gasteiger partial charge >= 0.3 is 11.9 Å². The largest absolute Gasteiger partial charge is 0.493 e. The van der Waals surface area contributed by atoms with Crippen LogP contribution in [0.4, 0.5) is 5.69 Å². The average Bonchev–Trinajstić information content (AvgIpc) is 3.58. The number of amides is 1. The smallest absolute Gasteiger partial charge is 0.414 e. The fourth-order valence-electron chi connectivity index (χ4n) is 5.02. The van der Waals surface area contributed by atoms with Crippen LogP contribution in [-0.4, -0.2) is 83.5 Å². The Morgan fingerprint density at radius 1 is 0.978 bits per heavy atom. The molecule has 2 heterocycles. The van der Waals surface area contributed by atoms with Crippen molar-refractivity contribution in [2.24, 2.45) is 0 Å². The molecule has 1 aromatic heterocycles. The second-order valence-corrected chi connectivity index (χ2v) is 10.9. The Balaban J connectivity index is 0.000000700. The molecule has 0 aliphatic carbocycles. The third kappa shape index (κ3) is 7.65. The second-order valence-electron chi connectivity index (χ2n) is 10.9. The number of carbonyl (C=O) groups is 3. The molecule has 4 aromatic rings. The molecule has 1 atom stereocenters. The first-order chi connectivity index (χ1) is 21.4. The molecular weight excluding hydrogens is 580 g/mol. The number of aryl methyl sites for hydroxylation is 2. The van der Waals surface area contributed by atoms with Crippen molar-refractivity contribution in [1.29, 1.82) is 0 Å². The highest BCUT2D eigenvalue weighted by atomic mass is 16.5. The van der Waals surface area contributed by atoms with E-state index in [2.05, 4.69) is 35.0 Å². The van der Waals surface area contributed by atoms with Crippen LogP contribution in [0, 0.1) is 13.8 Å². The van der Waals surface area contributed by atoms with Crippen LogP contribution in [0.15, 0.2) is 59.1 Å². The average molecular weight is 617 g/mol. The molecule has 1 aliphatic heterocycles. The first-order valence-corrected chi connectivity index (χ1v) is 14.2. The number of methoxy groups -OCH3 is 1. The molecule has 2 N–H and O–H groups in total. The lowest BCUT2D eigenvalue weighted by atomic mass is 9.97. The third-order valence-corrected chi connectivity index (χ3v) is 7.23. The summed E-state index contributed by atoms with van der Waals surface area (Å²) in [6.07, 6.45) is 0.763. The Labute approximate surface area is 260 Å². The van der Waals surface area contributed by atoms with Crippen molar-refractivity contribution in [2.45, 2.75) is 33.2 Å². The third-order valence-electron chi connectivity index (χ3n) is 7.23. The monoisotopic (exact) mass is 616 g/mol. The molecule has 0 saturated heterocycles. The van der Waals surface area contributed by atoms with E-state index in [1.54, 1.807) is 14.0 Å². The number of aromatic nitrogens is 2. The molecular formula is C33H36N4O8. The topological polar surface area (TPSA) is 156 Å². The molecule has 0 saturated carbocycles. The van der Waals surface area contributed by atoms with Crippen LogP contribution >= 0.6 is 0 Å². The Kier molecular flexibility index (Phi) is 10.2. The maximum atomic E-state index is 13.7. The normalized spacial score (nSPS) is 13.6. The van der Waals surface area contributed by atoms with Gasteiger partial charge in [-0.15, -0.1) is 0 Å². The van der Waals surface area contributed by atoms with Gasteiger partial charge in [-0.05, 0) is 80.9 Å². The number of hydrogen-bond acceptors (Lipinski definition) is 9. The molecule has 45 heavy (non-hydrogen) atoms. The molecule has 12 heteroatoms. The molecule has 236 valence electrons. The van der Waals surface area contributed by atoms with E-state index in [9.17, 15) is 4.79 Å². The summed E-state index contributed by atoms with van der Waals surface area (Å²) in [5.74, 6) is -1.23. The molecule has 1 aliphatic rings. The summed E-state index contributed by atoms with van der Waals surface area (Å²) in [5.41, 5.74) is 6.72. The van der Waals surface area contributed by atoms with Gasteiger partial charge in [0.25, 0.3) is 5.91 Å². The van der Waals surface area contributed by atoms with Gasteiger partial charge in [0, 0.05) is 36.7 Å². The van der Waals surface area contributed by atoms with Crippen molar-refractivity contribution in [3.05, 3.63) is 77.2 Å². The summed E-state index contributed by atoms with van der Waals surface area (Å²) in [4.78, 5) is 40.2. The van der Waals surface area contributed by atoms with Crippen molar-refractivity contribution in [1.82, 2.24) is 15.0 Å². The van der Waals surface area contributed by atoms with Gasteiger partial charge in [-0.1, -0.05) is 29.4 Å². The number of benzene rings is 3. The van der Waals surface area contributed by atoms with E-state index < -0.39 is 11.9 Å². The van der Waals surface area contributed by atoms with E-state index in [4.69, 9.17) is 33.8 Å². The quantitative estimate of drug-likeness (QED) is 0.264. The molecule has 3 aromatic carbocycles. The number of fused-ring (bicyclic) bond motifs is 1.